The van der Waals surface area contributed by atoms with Crippen LogP contribution in [0.15, 0.2) is 36.0 Å². The first kappa shape index (κ1) is 19.1. The molecule has 1 aliphatic carbocycles. The number of nitrogens with one attached hydrogen (secondary N) is 1. The molecule has 1 aromatic carbocycles. The van der Waals surface area contributed by atoms with Crippen molar-refractivity contribution >= 4 is 17.8 Å². The lowest BCUT2D eigenvalue weighted by Crippen LogP contribution is -2.44. The molecule has 4 amide bonds. The number of benzene rings is 1. The minimum atomic E-state index is -1.15. The van der Waals surface area contributed by atoms with Gasteiger partial charge in [-0.1, -0.05) is 35.9 Å². The van der Waals surface area contributed by atoms with Crippen molar-refractivity contribution < 1.29 is 14.4 Å². The zero-order chi connectivity index (χ0) is 19.6. The van der Waals surface area contributed by atoms with Crippen LogP contribution in [0.3, 0.4) is 0 Å². The highest BCUT2D eigenvalue weighted by molar-refractivity contribution is 6.09. The Morgan fingerprint density at radius 3 is 2.52 bits per heavy atom. The smallest absolute Gasteiger partial charge is 0.319 e. The van der Waals surface area contributed by atoms with E-state index in [9.17, 15) is 14.4 Å². The van der Waals surface area contributed by atoms with Gasteiger partial charge >= 0.3 is 6.03 Å². The number of urea groups is 1. The molecule has 6 nitrogen and oxygen atoms in total. The lowest BCUT2D eigenvalue weighted by molar-refractivity contribution is -0.138. The summed E-state index contributed by atoms with van der Waals surface area (Å²) < 4.78 is 0. The summed E-state index contributed by atoms with van der Waals surface area (Å²) in [6, 6.07) is 6.96. The first-order chi connectivity index (χ1) is 12.9. The van der Waals surface area contributed by atoms with Crippen molar-refractivity contribution in [3.8, 4) is 0 Å². The van der Waals surface area contributed by atoms with Crippen LogP contribution in [-0.4, -0.2) is 40.7 Å². The van der Waals surface area contributed by atoms with Crippen LogP contribution in [0.25, 0.3) is 0 Å². The Kier molecular flexibility index (Phi) is 5.35. The van der Waals surface area contributed by atoms with Crippen LogP contribution < -0.4 is 5.32 Å². The molecule has 0 aromatic heterocycles. The summed E-state index contributed by atoms with van der Waals surface area (Å²) in [5.41, 5.74) is 1.64. The lowest BCUT2D eigenvalue weighted by Gasteiger charge is -2.28. The van der Waals surface area contributed by atoms with E-state index in [2.05, 4.69) is 11.4 Å². The summed E-state index contributed by atoms with van der Waals surface area (Å²) in [5.74, 6) is -0.610. The van der Waals surface area contributed by atoms with Crippen LogP contribution in [0.2, 0.25) is 0 Å². The summed E-state index contributed by atoms with van der Waals surface area (Å²) in [4.78, 5) is 41.0. The maximum absolute atomic E-state index is 13.0. The summed E-state index contributed by atoms with van der Waals surface area (Å²) in [5, 5.41) is 2.76. The Morgan fingerprint density at radius 2 is 1.93 bits per heavy atom. The van der Waals surface area contributed by atoms with Gasteiger partial charge in [-0.3, -0.25) is 14.5 Å². The number of allylic oxidation sites excluding steroid dienone is 2. The molecule has 27 heavy (non-hydrogen) atoms. The molecular weight excluding hydrogens is 342 g/mol. The van der Waals surface area contributed by atoms with Crippen molar-refractivity contribution in [2.24, 2.45) is 0 Å². The summed E-state index contributed by atoms with van der Waals surface area (Å²) in [7, 11) is 0. The Morgan fingerprint density at radius 1 is 1.22 bits per heavy atom. The number of rotatable bonds is 5. The van der Waals surface area contributed by atoms with Crippen molar-refractivity contribution in [2.45, 2.75) is 52.0 Å². The van der Waals surface area contributed by atoms with Crippen molar-refractivity contribution in [1.82, 2.24) is 15.1 Å². The fraction of sp³-hybridized carbons (Fsp3) is 0.476. The van der Waals surface area contributed by atoms with Gasteiger partial charge in [-0.2, -0.15) is 0 Å². The molecule has 1 aromatic rings. The van der Waals surface area contributed by atoms with Gasteiger partial charge < -0.3 is 10.2 Å². The molecule has 0 bridgehead atoms. The van der Waals surface area contributed by atoms with Gasteiger partial charge in [0.25, 0.3) is 5.91 Å². The second kappa shape index (κ2) is 7.55. The van der Waals surface area contributed by atoms with Gasteiger partial charge in [0.05, 0.1) is 0 Å². The van der Waals surface area contributed by atoms with Crippen LogP contribution in [0.1, 0.15) is 50.7 Å². The average Bonchev–Trinajstić information content (AvgIpc) is 2.88. The summed E-state index contributed by atoms with van der Waals surface area (Å²) in [6.45, 7) is 5.85. The zero-order valence-electron chi connectivity index (χ0n) is 16.2. The minimum absolute atomic E-state index is 0.220. The predicted molar refractivity (Wildman–Crippen MR) is 103 cm³/mol. The number of nitrogens with zero attached hydrogens (tertiary/aromatic N) is 2. The number of hydrogen-bond donors (Lipinski definition) is 1. The van der Waals surface area contributed by atoms with E-state index in [0.717, 1.165) is 41.8 Å². The van der Waals surface area contributed by atoms with Crippen molar-refractivity contribution in [1.29, 1.82) is 0 Å². The van der Waals surface area contributed by atoms with E-state index < -0.39 is 17.5 Å². The molecule has 1 N–H and O–H groups in total. The van der Waals surface area contributed by atoms with Gasteiger partial charge in [0.15, 0.2) is 0 Å². The van der Waals surface area contributed by atoms with Crippen LogP contribution in [0.4, 0.5) is 4.79 Å². The number of hydrogen-bond acceptors (Lipinski definition) is 3. The van der Waals surface area contributed by atoms with Crippen LogP contribution in [-0.2, 0) is 15.1 Å². The Bertz CT molecular complexity index is 784. The van der Waals surface area contributed by atoms with Crippen molar-refractivity contribution in [2.75, 3.05) is 13.1 Å². The van der Waals surface area contributed by atoms with E-state index in [1.54, 1.807) is 11.8 Å². The van der Waals surface area contributed by atoms with Gasteiger partial charge in [0, 0.05) is 12.2 Å². The molecule has 1 atom stereocenters. The normalized spacial score (nSPS) is 22.5. The molecule has 1 fully saturated rings. The fourth-order valence-corrected chi connectivity index (χ4v) is 3.75. The number of imide groups is 1. The highest BCUT2D eigenvalue weighted by Crippen LogP contribution is 2.29. The minimum Gasteiger partial charge on any atom is -0.319 e. The molecule has 1 saturated heterocycles. The third-order valence-corrected chi connectivity index (χ3v) is 5.43. The van der Waals surface area contributed by atoms with E-state index in [-0.39, 0.29) is 12.5 Å². The van der Waals surface area contributed by atoms with Crippen molar-refractivity contribution in [3.05, 3.63) is 47.2 Å². The summed E-state index contributed by atoms with van der Waals surface area (Å²) >= 11 is 0. The largest absolute Gasteiger partial charge is 0.325 e. The molecule has 6 heteroatoms. The number of likely N-dealkylation sites (N-methyl/N-ethyl adjacent to an activating group) is 1. The number of amides is 4. The van der Waals surface area contributed by atoms with Crippen LogP contribution >= 0.6 is 0 Å². The quantitative estimate of drug-likeness (QED) is 0.811. The van der Waals surface area contributed by atoms with Gasteiger partial charge in [-0.25, -0.2) is 4.79 Å². The van der Waals surface area contributed by atoms with E-state index in [4.69, 9.17) is 0 Å². The Labute approximate surface area is 160 Å². The van der Waals surface area contributed by atoms with E-state index in [1.807, 2.05) is 38.1 Å². The summed E-state index contributed by atoms with van der Waals surface area (Å²) in [6.07, 6.45) is 6.11. The van der Waals surface area contributed by atoms with Gasteiger partial charge in [-0.15, -0.1) is 0 Å². The second-order valence-corrected chi connectivity index (χ2v) is 7.39. The second-order valence-electron chi connectivity index (χ2n) is 7.39. The monoisotopic (exact) mass is 369 g/mol. The van der Waals surface area contributed by atoms with E-state index in [1.165, 1.54) is 0 Å². The van der Waals surface area contributed by atoms with Gasteiger partial charge in [0.1, 0.15) is 12.1 Å². The molecule has 2 aliphatic rings. The predicted octanol–water partition coefficient (Wildman–Crippen LogP) is 3.07. The first-order valence-corrected chi connectivity index (χ1v) is 9.57. The molecule has 144 valence electrons. The van der Waals surface area contributed by atoms with Crippen LogP contribution in [0, 0.1) is 6.92 Å². The van der Waals surface area contributed by atoms with Crippen molar-refractivity contribution in [3.63, 3.8) is 0 Å². The topological polar surface area (TPSA) is 69.7 Å². The highest BCUT2D eigenvalue weighted by atomic mass is 16.2. The SMILES string of the molecule is CCN(C(=O)CN1C(=O)N[C@@](C)(c2ccc(C)cc2)C1=O)C1=CCCCC1. The molecule has 1 heterocycles. The Hall–Kier alpha value is -2.63. The molecule has 0 radical (unpaired) electrons. The molecular formula is C21H27N3O3. The van der Waals surface area contributed by atoms with Gasteiger partial charge in [-0.05, 0) is 52.0 Å². The van der Waals surface area contributed by atoms with Crippen LogP contribution in [0.5, 0.6) is 0 Å². The zero-order valence-corrected chi connectivity index (χ0v) is 16.2. The molecule has 0 saturated carbocycles. The molecule has 1 aliphatic heterocycles. The maximum Gasteiger partial charge on any atom is 0.325 e. The van der Waals surface area contributed by atoms with E-state index >= 15 is 0 Å². The fourth-order valence-electron chi connectivity index (χ4n) is 3.75. The average molecular weight is 369 g/mol. The van der Waals surface area contributed by atoms with Gasteiger partial charge in [0.2, 0.25) is 5.91 Å². The molecule has 0 unspecified atom stereocenters. The number of aryl methyl sites for hydroxylation is 1. The molecule has 3 rings (SSSR count). The number of carbonyl (C=O) groups excluding carboxylic acids is 3. The number of carbonyl (C=O) groups is 3. The Balaban J connectivity index is 1.78. The third kappa shape index (κ3) is 3.61. The third-order valence-electron chi connectivity index (χ3n) is 5.43. The lowest BCUT2D eigenvalue weighted by atomic mass is 9.91. The van der Waals surface area contributed by atoms with E-state index in [0.29, 0.717) is 12.1 Å². The highest BCUT2D eigenvalue weighted by Gasteiger charge is 2.49. The first-order valence-electron chi connectivity index (χ1n) is 9.57. The molecule has 0 spiro atoms. The maximum atomic E-state index is 13.0. The standard InChI is InChI=1S/C21H27N3O3/c1-4-23(17-8-6-5-7-9-17)18(25)14-24-19(26)21(3,22-20(24)27)16-12-10-15(2)11-13-16/h8,10-13H,4-7,9,14H2,1-3H3,(H,22,27)/t21-/m0/s1.